The number of hydrogen-bond donors (Lipinski definition) is 2. The summed E-state index contributed by atoms with van der Waals surface area (Å²) in [4.78, 5) is 36.2. The summed E-state index contributed by atoms with van der Waals surface area (Å²) in [6, 6.07) is 0. The van der Waals surface area contributed by atoms with Gasteiger partial charge in [-0.15, -0.1) is 0 Å². The number of benzene rings is 1. The van der Waals surface area contributed by atoms with Crippen molar-refractivity contribution in [1.82, 2.24) is 0 Å². The Morgan fingerprint density at radius 3 is 1.81 bits per heavy atom. The Morgan fingerprint density at radius 1 is 1.00 bits per heavy atom. The molecule has 2 rings (SSSR count). The lowest BCUT2D eigenvalue weighted by molar-refractivity contribution is -0.139. The largest absolute Gasteiger partial charge is 0.478 e. The van der Waals surface area contributed by atoms with Gasteiger partial charge in [0.05, 0.1) is 35.1 Å². The molecule has 0 saturated heterocycles. The van der Waals surface area contributed by atoms with Crippen LogP contribution in [0.3, 0.4) is 0 Å². The second-order valence-corrected chi connectivity index (χ2v) is 8.95. The molecular weight excluding hydrogens is 685 g/mol. The standard InChI is InChI=1S/C16H13I3O7/c1-5(2)16-25-3-6(4-26-16)13(20)7-10(17)8(14(21)22)12(19)9(11(7)18)15(23)24/h3,5,16H,4H2,1-2H3,(H,21,22)(H,23,24). The van der Waals surface area contributed by atoms with E-state index in [2.05, 4.69) is 0 Å². The van der Waals surface area contributed by atoms with Gasteiger partial charge in [0.25, 0.3) is 0 Å². The first-order valence-electron chi connectivity index (χ1n) is 7.25. The summed E-state index contributed by atoms with van der Waals surface area (Å²) in [7, 11) is 0. The second-order valence-electron chi connectivity index (χ2n) is 5.71. The summed E-state index contributed by atoms with van der Waals surface area (Å²) < 4.78 is 11.4. The van der Waals surface area contributed by atoms with E-state index in [4.69, 9.17) is 9.47 Å². The molecule has 1 aliphatic heterocycles. The summed E-state index contributed by atoms with van der Waals surface area (Å²) >= 11 is 5.20. The molecule has 0 aliphatic carbocycles. The Kier molecular flexibility index (Phi) is 7.29. The van der Waals surface area contributed by atoms with Crippen molar-refractivity contribution in [3.8, 4) is 0 Å². The maximum absolute atomic E-state index is 13.0. The van der Waals surface area contributed by atoms with Gasteiger partial charge in [-0.3, -0.25) is 4.79 Å². The van der Waals surface area contributed by atoms with Gasteiger partial charge in [0.2, 0.25) is 6.29 Å². The third-order valence-corrected chi connectivity index (χ3v) is 6.79. The zero-order valence-corrected chi connectivity index (χ0v) is 20.0. The summed E-state index contributed by atoms with van der Waals surface area (Å²) in [5.74, 6) is -3.00. The van der Waals surface area contributed by atoms with Crippen molar-refractivity contribution in [2.75, 3.05) is 6.61 Å². The zero-order valence-electron chi connectivity index (χ0n) is 13.5. The number of rotatable bonds is 5. The number of carbonyl (C=O) groups is 3. The minimum absolute atomic E-state index is 0.00460. The Balaban J connectivity index is 2.61. The number of hydrogen-bond acceptors (Lipinski definition) is 5. The zero-order chi connectivity index (χ0) is 19.8. The van der Waals surface area contributed by atoms with Crippen LogP contribution in [0.15, 0.2) is 11.8 Å². The number of halogens is 3. The van der Waals surface area contributed by atoms with Crippen molar-refractivity contribution in [3.63, 3.8) is 0 Å². The van der Waals surface area contributed by atoms with Crippen LogP contribution < -0.4 is 0 Å². The third-order valence-electron chi connectivity index (χ3n) is 3.56. The molecule has 0 radical (unpaired) electrons. The van der Waals surface area contributed by atoms with Gasteiger partial charge in [-0.1, -0.05) is 13.8 Å². The Hall–Kier alpha value is -0.480. The molecule has 0 aromatic heterocycles. The molecule has 1 heterocycles. The molecule has 26 heavy (non-hydrogen) atoms. The van der Waals surface area contributed by atoms with Crippen molar-refractivity contribution >= 4 is 85.5 Å². The Bertz CT molecular complexity index is 789. The van der Waals surface area contributed by atoms with E-state index in [0.717, 1.165) is 0 Å². The molecular formula is C16H13I3O7. The minimum atomic E-state index is -1.29. The van der Waals surface area contributed by atoms with Gasteiger partial charge in [-0.05, 0) is 67.8 Å². The van der Waals surface area contributed by atoms with E-state index < -0.39 is 24.0 Å². The normalized spacial score (nSPS) is 16.8. The van der Waals surface area contributed by atoms with Crippen molar-refractivity contribution < 1.29 is 34.1 Å². The van der Waals surface area contributed by atoms with E-state index in [-0.39, 0.29) is 45.5 Å². The monoisotopic (exact) mass is 698 g/mol. The fourth-order valence-corrected chi connectivity index (χ4v) is 6.84. The van der Waals surface area contributed by atoms with Crippen LogP contribution in [-0.2, 0) is 9.47 Å². The molecule has 0 saturated carbocycles. The van der Waals surface area contributed by atoms with Crippen LogP contribution in [0.5, 0.6) is 0 Å². The van der Waals surface area contributed by atoms with Crippen molar-refractivity contribution in [3.05, 3.63) is 39.2 Å². The van der Waals surface area contributed by atoms with Crippen LogP contribution in [0.1, 0.15) is 44.9 Å². The molecule has 1 aromatic rings. The number of ketones is 1. The van der Waals surface area contributed by atoms with Gasteiger partial charge in [-0.25, -0.2) is 9.59 Å². The highest BCUT2D eigenvalue weighted by atomic mass is 127. The molecule has 0 amide bonds. The van der Waals surface area contributed by atoms with Gasteiger partial charge in [0.1, 0.15) is 0 Å². The van der Waals surface area contributed by atoms with E-state index in [0.29, 0.717) is 0 Å². The van der Waals surface area contributed by atoms with E-state index in [1.165, 1.54) is 6.26 Å². The third kappa shape index (κ3) is 4.16. The number of Topliss-reactive ketones (excluding diaryl/α,β-unsaturated/α-hetero) is 1. The first-order valence-corrected chi connectivity index (χ1v) is 10.5. The van der Waals surface area contributed by atoms with Crippen molar-refractivity contribution in [1.29, 1.82) is 0 Å². The maximum Gasteiger partial charge on any atom is 0.337 e. The average Bonchev–Trinajstić information content (AvgIpc) is 2.53. The van der Waals surface area contributed by atoms with E-state index in [1.807, 2.05) is 13.8 Å². The van der Waals surface area contributed by atoms with Crippen LogP contribution in [0.25, 0.3) is 0 Å². The molecule has 0 fully saturated rings. The molecule has 1 aliphatic rings. The summed E-state index contributed by atoms with van der Waals surface area (Å²) in [6.45, 7) is 3.83. The van der Waals surface area contributed by atoms with Gasteiger partial charge < -0.3 is 19.7 Å². The highest BCUT2D eigenvalue weighted by Gasteiger charge is 2.32. The molecule has 2 N–H and O–H groups in total. The molecule has 1 unspecified atom stereocenters. The molecule has 7 nitrogen and oxygen atoms in total. The first kappa shape index (κ1) is 21.8. The number of carboxylic acid groups (broad SMARTS) is 2. The fourth-order valence-electron chi connectivity index (χ4n) is 2.26. The van der Waals surface area contributed by atoms with Crippen LogP contribution in [-0.4, -0.2) is 40.8 Å². The SMILES string of the molecule is CC(C)C1OC=C(C(=O)c2c(I)c(C(=O)O)c(I)c(C(=O)O)c2I)CO1. The lowest BCUT2D eigenvalue weighted by Gasteiger charge is -2.26. The lowest BCUT2D eigenvalue weighted by atomic mass is 9.99. The van der Waals surface area contributed by atoms with E-state index >= 15 is 0 Å². The summed E-state index contributed by atoms with van der Waals surface area (Å²) in [5.41, 5.74) is -0.175. The predicted octanol–water partition coefficient (Wildman–Crippen LogP) is 3.99. The Labute approximate surface area is 189 Å². The molecule has 0 bridgehead atoms. The minimum Gasteiger partial charge on any atom is -0.478 e. The van der Waals surface area contributed by atoms with E-state index in [1.54, 1.807) is 67.8 Å². The quantitative estimate of drug-likeness (QED) is 0.354. The van der Waals surface area contributed by atoms with Crippen molar-refractivity contribution in [2.45, 2.75) is 20.1 Å². The molecule has 1 atom stereocenters. The van der Waals surface area contributed by atoms with Crippen LogP contribution in [0.4, 0.5) is 0 Å². The number of carboxylic acids is 2. The van der Waals surface area contributed by atoms with Gasteiger partial charge in [0, 0.05) is 16.6 Å². The van der Waals surface area contributed by atoms with Crippen LogP contribution in [0.2, 0.25) is 0 Å². The van der Waals surface area contributed by atoms with E-state index in [9.17, 15) is 24.6 Å². The molecule has 0 spiro atoms. The fraction of sp³-hybridized carbons (Fsp3) is 0.312. The lowest BCUT2D eigenvalue weighted by Crippen LogP contribution is -2.29. The molecule has 10 heteroatoms. The Morgan fingerprint density at radius 2 is 1.46 bits per heavy atom. The number of carbonyl (C=O) groups excluding carboxylic acids is 1. The van der Waals surface area contributed by atoms with Gasteiger partial charge in [0.15, 0.2) is 5.78 Å². The average molecular weight is 698 g/mol. The van der Waals surface area contributed by atoms with Gasteiger partial charge in [-0.2, -0.15) is 0 Å². The number of aromatic carboxylic acids is 2. The highest BCUT2D eigenvalue weighted by molar-refractivity contribution is 14.1. The second kappa shape index (κ2) is 8.68. The number of ether oxygens (including phenoxy) is 2. The molecule has 1 aromatic carbocycles. The predicted molar refractivity (Wildman–Crippen MR) is 117 cm³/mol. The van der Waals surface area contributed by atoms with Crippen LogP contribution >= 0.6 is 67.8 Å². The molecule has 140 valence electrons. The van der Waals surface area contributed by atoms with Gasteiger partial charge >= 0.3 is 11.9 Å². The van der Waals surface area contributed by atoms with Crippen molar-refractivity contribution in [2.24, 2.45) is 5.92 Å². The highest BCUT2D eigenvalue weighted by Crippen LogP contribution is 2.34. The summed E-state index contributed by atoms with van der Waals surface area (Å²) in [5, 5.41) is 19.0. The smallest absolute Gasteiger partial charge is 0.337 e. The van der Waals surface area contributed by atoms with Crippen LogP contribution in [0, 0.1) is 16.6 Å². The first-order chi connectivity index (χ1) is 12.1. The topological polar surface area (TPSA) is 110 Å². The summed E-state index contributed by atoms with van der Waals surface area (Å²) in [6.07, 6.45) is 0.840. The maximum atomic E-state index is 13.0.